The van der Waals surface area contributed by atoms with Crippen molar-refractivity contribution < 1.29 is 19.4 Å². The zero-order chi connectivity index (χ0) is 23.8. The van der Waals surface area contributed by atoms with Gasteiger partial charge < -0.3 is 19.5 Å². The number of thiophene rings is 1. The fourth-order valence-corrected chi connectivity index (χ4v) is 5.30. The molecule has 0 saturated carbocycles. The largest absolute Gasteiger partial charge is 0.491 e. The van der Waals surface area contributed by atoms with E-state index in [0.29, 0.717) is 25.6 Å². The molecule has 0 fully saturated rings. The predicted octanol–water partition coefficient (Wildman–Crippen LogP) is 4.10. The molecule has 1 aromatic heterocycles. The first-order valence-electron chi connectivity index (χ1n) is 11.9. The van der Waals surface area contributed by atoms with E-state index < -0.39 is 6.10 Å². The number of amides is 1. The van der Waals surface area contributed by atoms with Gasteiger partial charge in [-0.1, -0.05) is 32.9 Å². The zero-order valence-electron chi connectivity index (χ0n) is 20.3. The van der Waals surface area contributed by atoms with Crippen LogP contribution in [-0.4, -0.2) is 73.4 Å². The van der Waals surface area contributed by atoms with Gasteiger partial charge in [-0.2, -0.15) is 0 Å². The van der Waals surface area contributed by atoms with Gasteiger partial charge in [0.1, 0.15) is 12.4 Å². The Kier molecular flexibility index (Phi) is 9.74. The lowest BCUT2D eigenvalue weighted by molar-refractivity contribution is -0.136. The van der Waals surface area contributed by atoms with Gasteiger partial charge in [-0.25, -0.2) is 0 Å². The Hall–Kier alpha value is -1.93. The molecule has 0 aliphatic carbocycles. The van der Waals surface area contributed by atoms with Crippen LogP contribution in [0.15, 0.2) is 35.7 Å². The number of aliphatic hydroxyl groups excluding tert-OH is 1. The molecule has 1 N–H and O–H groups in total. The zero-order valence-corrected chi connectivity index (χ0v) is 21.1. The van der Waals surface area contributed by atoms with E-state index in [1.807, 2.05) is 21.9 Å². The predicted molar refractivity (Wildman–Crippen MR) is 133 cm³/mol. The Bertz CT molecular complexity index is 867. The molecule has 0 radical (unpaired) electrons. The van der Waals surface area contributed by atoms with Crippen LogP contribution in [0.4, 0.5) is 0 Å². The fourth-order valence-electron chi connectivity index (χ4n) is 4.38. The highest BCUT2D eigenvalue weighted by Crippen LogP contribution is 2.34. The molecule has 33 heavy (non-hydrogen) atoms. The van der Waals surface area contributed by atoms with E-state index in [0.717, 1.165) is 25.1 Å². The number of benzene rings is 1. The van der Waals surface area contributed by atoms with Gasteiger partial charge >= 0.3 is 0 Å². The molecule has 1 aromatic carbocycles. The lowest BCUT2D eigenvalue weighted by Gasteiger charge is -2.37. The van der Waals surface area contributed by atoms with Crippen LogP contribution in [0, 0.1) is 0 Å². The Morgan fingerprint density at radius 1 is 1.27 bits per heavy atom. The summed E-state index contributed by atoms with van der Waals surface area (Å²) in [5, 5.41) is 12.3. The standard InChI is InChI=1S/C26H38N2O4S/c1-5-12-27(15-21(29)17-31-4)16-26(30)28-13-10-25-23(11-14-33-25)24(28)18-32-22-8-6-20(7-9-22)19(2)3/h6-9,11,14,19,21,24,29H,5,10,12-13,15-18H2,1-4H3. The topological polar surface area (TPSA) is 62.2 Å². The molecule has 2 aromatic rings. The van der Waals surface area contributed by atoms with Gasteiger partial charge in [-0.15, -0.1) is 11.3 Å². The quantitative estimate of drug-likeness (QED) is 0.502. The van der Waals surface area contributed by atoms with Gasteiger partial charge in [0, 0.05) is 25.1 Å². The summed E-state index contributed by atoms with van der Waals surface area (Å²) in [6.45, 7) is 9.28. The van der Waals surface area contributed by atoms with Crippen molar-refractivity contribution >= 4 is 17.2 Å². The summed E-state index contributed by atoms with van der Waals surface area (Å²) in [5.41, 5.74) is 2.48. The number of rotatable bonds is 12. The highest BCUT2D eigenvalue weighted by molar-refractivity contribution is 7.10. The lowest BCUT2D eigenvalue weighted by atomic mass is 10.00. The minimum atomic E-state index is -0.605. The van der Waals surface area contributed by atoms with E-state index in [1.165, 1.54) is 16.0 Å². The van der Waals surface area contributed by atoms with Crippen molar-refractivity contribution in [2.24, 2.45) is 0 Å². The second-order valence-corrected chi connectivity index (χ2v) is 10.0. The van der Waals surface area contributed by atoms with Crippen LogP contribution in [0.2, 0.25) is 0 Å². The smallest absolute Gasteiger partial charge is 0.237 e. The van der Waals surface area contributed by atoms with Gasteiger partial charge in [0.25, 0.3) is 0 Å². The average molecular weight is 475 g/mol. The minimum absolute atomic E-state index is 0.0775. The Balaban J connectivity index is 1.70. The second-order valence-electron chi connectivity index (χ2n) is 9.03. The number of hydrogen-bond acceptors (Lipinski definition) is 6. The molecule has 2 unspecified atom stereocenters. The maximum atomic E-state index is 13.4. The van der Waals surface area contributed by atoms with Crippen molar-refractivity contribution in [3.05, 3.63) is 51.7 Å². The van der Waals surface area contributed by atoms with Crippen LogP contribution in [0.3, 0.4) is 0 Å². The molecule has 182 valence electrons. The van der Waals surface area contributed by atoms with Crippen molar-refractivity contribution in [3.63, 3.8) is 0 Å². The molecule has 0 spiro atoms. The van der Waals surface area contributed by atoms with Crippen molar-refractivity contribution in [1.29, 1.82) is 0 Å². The van der Waals surface area contributed by atoms with Crippen LogP contribution in [0.5, 0.6) is 5.75 Å². The molecule has 1 aliphatic rings. The first kappa shape index (κ1) is 25.7. The summed E-state index contributed by atoms with van der Waals surface area (Å²) in [6.07, 6.45) is 1.19. The molecule has 0 saturated heterocycles. The van der Waals surface area contributed by atoms with Crippen LogP contribution < -0.4 is 4.74 Å². The Labute approximate surface area is 202 Å². The molecule has 6 nitrogen and oxygen atoms in total. The summed E-state index contributed by atoms with van der Waals surface area (Å²) in [6, 6.07) is 10.3. The third kappa shape index (κ3) is 7.03. The molecule has 3 rings (SSSR count). The molecular weight excluding hydrogens is 436 g/mol. The number of ether oxygens (including phenoxy) is 2. The lowest BCUT2D eigenvalue weighted by Crippen LogP contribution is -2.48. The summed E-state index contributed by atoms with van der Waals surface area (Å²) >= 11 is 1.75. The number of carbonyl (C=O) groups excluding carboxylic acids is 1. The molecular formula is C26H38N2O4S. The van der Waals surface area contributed by atoms with Crippen molar-refractivity contribution in [1.82, 2.24) is 9.80 Å². The fraction of sp³-hybridized carbons (Fsp3) is 0.577. The van der Waals surface area contributed by atoms with E-state index in [-0.39, 0.29) is 25.1 Å². The van der Waals surface area contributed by atoms with E-state index in [2.05, 4.69) is 44.4 Å². The average Bonchev–Trinajstić information content (AvgIpc) is 3.27. The monoisotopic (exact) mass is 474 g/mol. The SMILES string of the molecule is CCCN(CC(=O)N1CCc2sccc2C1COc1ccc(C(C)C)cc1)CC(O)COC. The van der Waals surface area contributed by atoms with E-state index in [1.54, 1.807) is 18.4 Å². The van der Waals surface area contributed by atoms with Crippen molar-refractivity contribution in [2.75, 3.05) is 46.5 Å². The molecule has 1 amide bonds. The minimum Gasteiger partial charge on any atom is -0.491 e. The van der Waals surface area contributed by atoms with Gasteiger partial charge in [0.2, 0.25) is 5.91 Å². The van der Waals surface area contributed by atoms with Gasteiger partial charge in [-0.3, -0.25) is 9.69 Å². The van der Waals surface area contributed by atoms with Crippen molar-refractivity contribution in [3.8, 4) is 5.75 Å². The van der Waals surface area contributed by atoms with Crippen LogP contribution in [-0.2, 0) is 16.0 Å². The second kappa shape index (κ2) is 12.5. The van der Waals surface area contributed by atoms with Crippen LogP contribution in [0.25, 0.3) is 0 Å². The number of nitrogens with zero attached hydrogens (tertiary/aromatic N) is 2. The molecule has 2 heterocycles. The van der Waals surface area contributed by atoms with E-state index >= 15 is 0 Å². The Morgan fingerprint density at radius 2 is 2.03 bits per heavy atom. The highest BCUT2D eigenvalue weighted by atomic mass is 32.1. The summed E-state index contributed by atoms with van der Waals surface area (Å²) in [4.78, 5) is 18.7. The number of fused-ring (bicyclic) bond motifs is 1. The first-order valence-corrected chi connectivity index (χ1v) is 12.8. The number of aliphatic hydroxyl groups is 1. The first-order chi connectivity index (χ1) is 15.9. The van der Waals surface area contributed by atoms with Crippen LogP contribution >= 0.6 is 11.3 Å². The van der Waals surface area contributed by atoms with E-state index in [4.69, 9.17) is 9.47 Å². The van der Waals surface area contributed by atoms with Crippen molar-refractivity contribution in [2.45, 2.75) is 51.7 Å². The summed E-state index contributed by atoms with van der Waals surface area (Å²) in [7, 11) is 1.58. The molecule has 0 bridgehead atoms. The molecule has 1 aliphatic heterocycles. The normalized spacial score (nSPS) is 16.8. The third-order valence-corrected chi connectivity index (χ3v) is 7.09. The summed E-state index contributed by atoms with van der Waals surface area (Å²) in [5.74, 6) is 1.38. The molecule has 2 atom stereocenters. The maximum Gasteiger partial charge on any atom is 0.237 e. The third-order valence-electron chi connectivity index (χ3n) is 6.10. The number of carbonyl (C=O) groups is 1. The number of methoxy groups -OCH3 is 1. The molecule has 7 heteroatoms. The van der Waals surface area contributed by atoms with Gasteiger partial charge in [0.15, 0.2) is 0 Å². The maximum absolute atomic E-state index is 13.4. The van der Waals surface area contributed by atoms with Gasteiger partial charge in [0.05, 0.1) is 25.3 Å². The summed E-state index contributed by atoms with van der Waals surface area (Å²) < 4.78 is 11.2. The van der Waals surface area contributed by atoms with Gasteiger partial charge in [-0.05, 0) is 60.0 Å². The highest BCUT2D eigenvalue weighted by Gasteiger charge is 2.33. The number of hydrogen-bond donors (Lipinski definition) is 1. The Morgan fingerprint density at radius 3 is 2.70 bits per heavy atom. The van der Waals surface area contributed by atoms with Crippen LogP contribution in [0.1, 0.15) is 55.2 Å². The van der Waals surface area contributed by atoms with E-state index in [9.17, 15) is 9.90 Å².